The van der Waals surface area contributed by atoms with Crippen LogP contribution in [0.4, 0.5) is 11.4 Å². The molecule has 6 aromatic rings. The van der Waals surface area contributed by atoms with Gasteiger partial charge in [0.1, 0.15) is 0 Å². The molecule has 6 aliphatic rings. The third kappa shape index (κ3) is 8.88. The second kappa shape index (κ2) is 20.1. The summed E-state index contributed by atoms with van der Waals surface area (Å²) in [5, 5.41) is 13.9. The van der Waals surface area contributed by atoms with Gasteiger partial charge in [-0.25, -0.2) is 0 Å². The van der Waals surface area contributed by atoms with Gasteiger partial charge in [0.25, 0.3) is 11.8 Å². The van der Waals surface area contributed by atoms with Crippen molar-refractivity contribution >= 4 is 35.0 Å². The fourth-order valence-electron chi connectivity index (χ4n) is 13.0. The van der Waals surface area contributed by atoms with Crippen LogP contribution in [0.15, 0.2) is 146 Å². The number of carbonyl (C=O) groups is 4. The van der Waals surface area contributed by atoms with E-state index in [0.29, 0.717) is 23.0 Å². The summed E-state index contributed by atoms with van der Waals surface area (Å²) in [4.78, 5) is 64.8. The van der Waals surface area contributed by atoms with E-state index >= 15 is 0 Å². The highest BCUT2D eigenvalue weighted by molar-refractivity contribution is 5.95. The molecule has 2 saturated heterocycles. The van der Waals surface area contributed by atoms with Gasteiger partial charge in [0.2, 0.25) is 11.8 Å². The molecule has 0 spiro atoms. The number of hydrogen-bond acceptors (Lipinski definition) is 6. The van der Waals surface area contributed by atoms with Gasteiger partial charge in [0.05, 0.1) is 36.0 Å². The number of benzene rings is 4. The van der Waals surface area contributed by atoms with Crippen molar-refractivity contribution in [2.24, 2.45) is 23.7 Å². The minimum atomic E-state index is -0.178. The second-order valence-electron chi connectivity index (χ2n) is 20.2. The summed E-state index contributed by atoms with van der Waals surface area (Å²) < 4.78 is 0. The molecule has 4 aliphatic heterocycles. The van der Waals surface area contributed by atoms with E-state index < -0.39 is 0 Å². The molecular weight excluding hydrogens is 873 g/mol. The molecule has 70 heavy (non-hydrogen) atoms. The van der Waals surface area contributed by atoms with E-state index in [4.69, 9.17) is 0 Å². The van der Waals surface area contributed by atoms with Crippen LogP contribution < -0.4 is 21.3 Å². The number of hydrogen-bond donors (Lipinski definition) is 6. The number of likely N-dealkylation sites (tertiary alicyclic amines) is 2. The quantitative estimate of drug-likeness (QED) is 0.0893. The van der Waals surface area contributed by atoms with E-state index in [2.05, 4.69) is 114 Å². The van der Waals surface area contributed by atoms with Gasteiger partial charge in [-0.15, -0.1) is 0 Å². The number of para-hydroxylation sites is 2. The molecule has 4 amide bonds. The first-order valence-corrected chi connectivity index (χ1v) is 25.7. The number of rotatable bonds is 8. The first-order chi connectivity index (χ1) is 34.4. The molecule has 2 aliphatic carbocycles. The van der Waals surface area contributed by atoms with Crippen molar-refractivity contribution in [3.63, 3.8) is 0 Å². The molecule has 4 aromatic carbocycles. The van der Waals surface area contributed by atoms with Crippen LogP contribution in [0.5, 0.6) is 0 Å². The Kier molecular flexibility index (Phi) is 13.0. The maximum Gasteiger partial charge on any atom is 0.251 e. The van der Waals surface area contributed by atoms with Gasteiger partial charge in [-0.1, -0.05) is 98.5 Å². The Morgan fingerprint density at radius 1 is 0.457 bits per heavy atom. The number of aromatic nitrogens is 2. The molecule has 12 heteroatoms. The fraction of sp³-hybridized carbons (Fsp3) is 0.379. The number of H-pyrrole nitrogens is 2. The third-order valence-electron chi connectivity index (χ3n) is 16.3. The molecule has 6 heterocycles. The summed E-state index contributed by atoms with van der Waals surface area (Å²) in [5.74, 6) is 0.478. The monoisotopic (exact) mass is 937 g/mol. The molecule has 12 nitrogen and oxygen atoms in total. The number of nitrogens with zero attached hydrogens (tertiary/aromatic N) is 2. The average Bonchev–Trinajstić information content (AvgIpc) is 4.28. The molecule has 2 saturated carbocycles. The Hall–Kier alpha value is -7.08. The van der Waals surface area contributed by atoms with Gasteiger partial charge in [-0.05, 0) is 109 Å². The number of anilines is 2. The summed E-state index contributed by atoms with van der Waals surface area (Å²) in [5.41, 5.74) is 8.38. The predicted octanol–water partition coefficient (Wildman–Crippen LogP) is 10.1. The van der Waals surface area contributed by atoms with Gasteiger partial charge in [-0.2, -0.15) is 0 Å². The van der Waals surface area contributed by atoms with E-state index in [9.17, 15) is 19.2 Å². The number of amides is 4. The summed E-state index contributed by atoms with van der Waals surface area (Å²) in [6.45, 7) is 1.50. The highest BCUT2D eigenvalue weighted by atomic mass is 16.2. The van der Waals surface area contributed by atoms with Crippen molar-refractivity contribution in [3.8, 4) is 0 Å². The van der Waals surface area contributed by atoms with Gasteiger partial charge >= 0.3 is 0 Å². The molecule has 0 bridgehead atoms. The Morgan fingerprint density at radius 2 is 0.857 bits per heavy atom. The van der Waals surface area contributed by atoms with Crippen molar-refractivity contribution < 1.29 is 19.2 Å². The van der Waals surface area contributed by atoms with Crippen LogP contribution in [0.2, 0.25) is 0 Å². The minimum absolute atomic E-state index is 0.0484. The lowest BCUT2D eigenvalue weighted by molar-refractivity contribution is -0.139. The van der Waals surface area contributed by atoms with Crippen LogP contribution in [-0.4, -0.2) is 68.6 Å². The number of nitrogens with one attached hydrogen (secondary N) is 6. The molecule has 6 N–H and O–H groups in total. The lowest BCUT2D eigenvalue weighted by Crippen LogP contribution is -2.50. The Bertz CT molecular complexity index is 2570. The van der Waals surface area contributed by atoms with E-state index in [1.165, 1.54) is 22.3 Å². The van der Waals surface area contributed by atoms with Crippen LogP contribution in [0.3, 0.4) is 0 Å². The summed E-state index contributed by atoms with van der Waals surface area (Å²) in [6.07, 6.45) is 17.5. The van der Waals surface area contributed by atoms with Gasteiger partial charge in [0.15, 0.2) is 0 Å². The van der Waals surface area contributed by atoms with Crippen molar-refractivity contribution in [2.75, 3.05) is 23.7 Å². The average molecular weight is 937 g/mol. The molecule has 4 fully saturated rings. The molecule has 10 atom stereocenters. The predicted molar refractivity (Wildman–Crippen MR) is 272 cm³/mol. The maximum absolute atomic E-state index is 14.1. The number of fused-ring (bicyclic) bond motifs is 6. The zero-order valence-corrected chi connectivity index (χ0v) is 39.6. The van der Waals surface area contributed by atoms with Crippen molar-refractivity contribution in [1.82, 2.24) is 30.4 Å². The van der Waals surface area contributed by atoms with Gasteiger partial charge < -0.3 is 41.0 Å². The van der Waals surface area contributed by atoms with Crippen LogP contribution >= 0.6 is 0 Å². The van der Waals surface area contributed by atoms with Crippen LogP contribution in [0, 0.1) is 23.7 Å². The first-order valence-electron chi connectivity index (χ1n) is 25.7. The number of carbonyl (C=O) groups excluding carboxylic acids is 4. The topological polar surface area (TPSA) is 154 Å². The third-order valence-corrected chi connectivity index (χ3v) is 16.3. The summed E-state index contributed by atoms with van der Waals surface area (Å²) >= 11 is 0. The zero-order valence-electron chi connectivity index (χ0n) is 39.6. The van der Waals surface area contributed by atoms with E-state index in [1.807, 2.05) is 73.1 Å². The molecule has 0 unspecified atom stereocenters. The van der Waals surface area contributed by atoms with Gasteiger partial charge in [0, 0.05) is 84.3 Å². The highest BCUT2D eigenvalue weighted by Gasteiger charge is 2.50. The normalized spacial score (nSPS) is 27.4. The van der Waals surface area contributed by atoms with E-state index in [0.717, 1.165) is 88.7 Å². The molecular formula is C58H64N8O4. The fourth-order valence-corrected chi connectivity index (χ4v) is 13.0. The molecule has 360 valence electrons. The Labute approximate surface area is 410 Å². The largest absolute Gasteiger partial charge is 0.378 e. The summed E-state index contributed by atoms with van der Waals surface area (Å²) in [6, 6.07) is 39.9. The zero-order chi connectivity index (χ0) is 47.6. The molecule has 2 aromatic heterocycles. The van der Waals surface area contributed by atoms with Crippen LogP contribution in [-0.2, 0) is 9.59 Å². The van der Waals surface area contributed by atoms with E-state index in [1.54, 1.807) is 0 Å². The minimum Gasteiger partial charge on any atom is -0.378 e. The smallest absolute Gasteiger partial charge is 0.251 e. The standard InChI is InChI=1S/2C29H32N4O2/c2*34-28(19-8-2-1-3-9-19)32-25-13-7-5-11-22(25)29(35)33-17-15-23-26(20-14-16-30-18-20)31-24-12-6-4-10-21(24)27(23)33/h2*1-4,6,8-10,12,14,16,18,22-23,25-27,30-31H,5,7,11,13,15,17H2,(H,32,34)/t22-,23+,25+,26-,27-;22-,23-,25+,26+,27+/m00/s1. The van der Waals surface area contributed by atoms with Crippen molar-refractivity contribution in [2.45, 2.75) is 100 Å². The first kappa shape index (κ1) is 45.4. The lowest BCUT2D eigenvalue weighted by atomic mass is 9.79. The van der Waals surface area contributed by atoms with Crippen molar-refractivity contribution in [1.29, 1.82) is 0 Å². The maximum atomic E-state index is 14.1. The van der Waals surface area contributed by atoms with Crippen molar-refractivity contribution in [3.05, 3.63) is 179 Å². The Morgan fingerprint density at radius 3 is 1.27 bits per heavy atom. The summed E-state index contributed by atoms with van der Waals surface area (Å²) in [7, 11) is 0. The highest BCUT2D eigenvalue weighted by Crippen LogP contribution is 2.53. The SMILES string of the molecule is O=C(N[C@@H]1CCCC[C@@H]1C(=O)N1CC[C@@H]2[C@H](c3cc[nH]c3)Nc3ccccc3[C@@H]21)c1ccccc1.O=C(N[C@@H]1CCCC[C@@H]1C(=O)N1CC[C@H]2[C@@H](c3cc[nH]c3)Nc3ccccc3[C@H]21)c1ccccc1. The Balaban J connectivity index is 0.000000152. The van der Waals surface area contributed by atoms with E-state index in [-0.39, 0.29) is 71.7 Å². The second-order valence-corrected chi connectivity index (χ2v) is 20.2. The lowest BCUT2D eigenvalue weighted by Gasteiger charge is -2.41. The van der Waals surface area contributed by atoms with Crippen LogP contribution in [0.1, 0.15) is 131 Å². The van der Waals surface area contributed by atoms with Crippen LogP contribution in [0.25, 0.3) is 0 Å². The van der Waals surface area contributed by atoms with Gasteiger partial charge in [-0.3, -0.25) is 19.2 Å². The number of aromatic amines is 2. The molecule has 12 rings (SSSR count). The molecule has 0 radical (unpaired) electrons.